The Kier molecular flexibility index (Phi) is 5.44. The summed E-state index contributed by atoms with van der Waals surface area (Å²) in [6.07, 6.45) is 5.98. The van der Waals surface area contributed by atoms with Gasteiger partial charge in [-0.05, 0) is 39.1 Å². The molecule has 0 saturated carbocycles. The smallest absolute Gasteiger partial charge is 0.254 e. The van der Waals surface area contributed by atoms with Gasteiger partial charge in [-0.2, -0.15) is 0 Å². The minimum atomic E-state index is -0.0163. The zero-order valence-electron chi connectivity index (χ0n) is 17.0. The molecular weight excluding hydrogens is 368 g/mol. The maximum Gasteiger partial charge on any atom is 0.254 e. The van der Waals surface area contributed by atoms with Crippen LogP contribution in [0.5, 0.6) is 5.75 Å². The van der Waals surface area contributed by atoms with Crippen LogP contribution in [0.15, 0.2) is 42.9 Å². The van der Waals surface area contributed by atoms with Gasteiger partial charge >= 0.3 is 0 Å². The largest absolute Gasteiger partial charge is 0.488 e. The molecule has 1 amide bonds. The third-order valence-corrected chi connectivity index (χ3v) is 5.36. The minimum Gasteiger partial charge on any atom is -0.488 e. The lowest BCUT2D eigenvalue weighted by Crippen LogP contribution is -2.31. The number of hydrogen-bond donors (Lipinski definition) is 0. The molecule has 4 heterocycles. The lowest BCUT2D eigenvalue weighted by Gasteiger charge is -2.21. The molecule has 4 rings (SSSR count). The van der Waals surface area contributed by atoms with E-state index >= 15 is 0 Å². The molecule has 8 nitrogen and oxygen atoms in total. The van der Waals surface area contributed by atoms with Crippen molar-refractivity contribution in [3.05, 3.63) is 54.1 Å². The highest BCUT2D eigenvalue weighted by Gasteiger charge is 2.28. The predicted molar refractivity (Wildman–Crippen MR) is 109 cm³/mol. The summed E-state index contributed by atoms with van der Waals surface area (Å²) in [7, 11) is 2.08. The van der Waals surface area contributed by atoms with E-state index in [9.17, 15) is 4.79 Å². The van der Waals surface area contributed by atoms with Gasteiger partial charge in [-0.15, -0.1) is 5.10 Å². The van der Waals surface area contributed by atoms with E-state index in [0.717, 1.165) is 29.9 Å². The summed E-state index contributed by atoms with van der Waals surface area (Å²) in [4.78, 5) is 21.4. The number of hydrogen-bond acceptors (Lipinski definition) is 6. The van der Waals surface area contributed by atoms with E-state index in [-0.39, 0.29) is 12.0 Å². The molecule has 1 atom stereocenters. The van der Waals surface area contributed by atoms with Gasteiger partial charge in [-0.25, -0.2) is 4.52 Å². The van der Waals surface area contributed by atoms with Crippen LogP contribution in [-0.2, 0) is 6.54 Å². The molecule has 29 heavy (non-hydrogen) atoms. The number of likely N-dealkylation sites (tertiary alicyclic amines) is 1. The Bertz CT molecular complexity index is 1000. The van der Waals surface area contributed by atoms with Gasteiger partial charge in [-0.3, -0.25) is 14.7 Å². The summed E-state index contributed by atoms with van der Waals surface area (Å²) in [5.74, 6) is 0.812. The third-order valence-electron chi connectivity index (χ3n) is 5.36. The van der Waals surface area contributed by atoms with E-state index in [1.807, 2.05) is 23.1 Å². The molecule has 1 fully saturated rings. The number of aromatic nitrogens is 4. The second kappa shape index (κ2) is 8.16. The van der Waals surface area contributed by atoms with Crippen molar-refractivity contribution in [3.8, 4) is 5.75 Å². The Balaban J connectivity index is 1.38. The summed E-state index contributed by atoms with van der Waals surface area (Å²) in [5, 5.41) is 7.78. The number of nitrogens with zero attached hydrogens (tertiary/aromatic N) is 6. The quantitative estimate of drug-likeness (QED) is 0.638. The van der Waals surface area contributed by atoms with Crippen LogP contribution in [0.3, 0.4) is 0 Å². The zero-order chi connectivity index (χ0) is 20.4. The van der Waals surface area contributed by atoms with Gasteiger partial charge < -0.3 is 9.64 Å². The number of ether oxygens (including phenoxy) is 1. The van der Waals surface area contributed by atoms with Crippen LogP contribution in [0.2, 0.25) is 0 Å². The first kappa shape index (κ1) is 19.3. The van der Waals surface area contributed by atoms with Crippen molar-refractivity contribution in [1.29, 1.82) is 0 Å². The highest BCUT2D eigenvalue weighted by Crippen LogP contribution is 2.21. The molecule has 0 N–H and O–H groups in total. The van der Waals surface area contributed by atoms with Crippen LogP contribution < -0.4 is 4.74 Å². The van der Waals surface area contributed by atoms with Crippen molar-refractivity contribution in [1.82, 2.24) is 29.6 Å². The summed E-state index contributed by atoms with van der Waals surface area (Å²) < 4.78 is 7.80. The fraction of sp³-hybridized carbons (Fsp3) is 0.429. The van der Waals surface area contributed by atoms with E-state index in [1.54, 1.807) is 29.2 Å². The van der Waals surface area contributed by atoms with Crippen molar-refractivity contribution in [2.45, 2.75) is 39.0 Å². The Labute approximate surface area is 170 Å². The van der Waals surface area contributed by atoms with Crippen LogP contribution in [0.4, 0.5) is 0 Å². The number of carbonyl (C=O) groups is 1. The van der Waals surface area contributed by atoms with Crippen molar-refractivity contribution in [2.24, 2.45) is 0 Å². The van der Waals surface area contributed by atoms with Gasteiger partial charge in [0.15, 0.2) is 0 Å². The summed E-state index contributed by atoms with van der Waals surface area (Å²) in [6.45, 7) is 6.35. The maximum absolute atomic E-state index is 12.9. The third kappa shape index (κ3) is 4.37. The molecule has 152 valence electrons. The van der Waals surface area contributed by atoms with Gasteiger partial charge in [-0.1, -0.05) is 5.21 Å². The normalized spacial score (nSPS) is 16.9. The van der Waals surface area contributed by atoms with Gasteiger partial charge in [0.2, 0.25) is 0 Å². The van der Waals surface area contributed by atoms with E-state index in [0.29, 0.717) is 24.7 Å². The Morgan fingerprint density at radius 1 is 1.34 bits per heavy atom. The van der Waals surface area contributed by atoms with Crippen LogP contribution in [0, 0.1) is 0 Å². The van der Waals surface area contributed by atoms with Crippen molar-refractivity contribution >= 4 is 11.4 Å². The van der Waals surface area contributed by atoms with Gasteiger partial charge in [0.25, 0.3) is 5.91 Å². The van der Waals surface area contributed by atoms with E-state index in [2.05, 4.69) is 41.1 Å². The second-order valence-electron chi connectivity index (χ2n) is 7.79. The number of amides is 1. The SMILES string of the molecule is CC(C)N(C)Cc1cc(OC2CCN(C(=O)c3ccn4nncc4c3)C2)ccn1. The molecule has 1 aliphatic heterocycles. The van der Waals surface area contributed by atoms with Crippen LogP contribution in [0.1, 0.15) is 36.3 Å². The summed E-state index contributed by atoms with van der Waals surface area (Å²) in [6, 6.07) is 7.91. The lowest BCUT2D eigenvalue weighted by molar-refractivity contribution is 0.0772. The van der Waals surface area contributed by atoms with E-state index in [4.69, 9.17) is 4.74 Å². The average Bonchev–Trinajstić information content (AvgIpc) is 3.36. The maximum atomic E-state index is 12.9. The molecule has 0 bridgehead atoms. The molecule has 3 aromatic rings. The fourth-order valence-electron chi connectivity index (χ4n) is 3.40. The summed E-state index contributed by atoms with van der Waals surface area (Å²) in [5.41, 5.74) is 2.43. The minimum absolute atomic E-state index is 0.00813. The molecule has 1 aliphatic rings. The van der Waals surface area contributed by atoms with Crippen molar-refractivity contribution < 1.29 is 9.53 Å². The number of fused-ring (bicyclic) bond motifs is 1. The predicted octanol–water partition coefficient (Wildman–Crippen LogP) is 2.26. The Morgan fingerprint density at radius 2 is 2.21 bits per heavy atom. The first-order valence-corrected chi connectivity index (χ1v) is 9.91. The topological polar surface area (TPSA) is 75.9 Å². The zero-order valence-corrected chi connectivity index (χ0v) is 17.0. The molecule has 1 saturated heterocycles. The van der Waals surface area contributed by atoms with Gasteiger partial charge in [0.1, 0.15) is 11.9 Å². The lowest BCUT2D eigenvalue weighted by atomic mass is 10.2. The molecule has 0 aliphatic carbocycles. The van der Waals surface area contributed by atoms with Crippen LogP contribution in [-0.4, -0.2) is 67.8 Å². The standard InChI is InChI=1S/C21H26N6O2/c1-15(2)25(3)13-17-11-19(4-7-22-17)29-20-6-8-26(14-20)21(28)16-5-9-27-18(10-16)12-23-24-27/h4-5,7,9-12,15,20H,6,8,13-14H2,1-3H3. The second-order valence-corrected chi connectivity index (χ2v) is 7.79. The number of pyridine rings is 2. The highest BCUT2D eigenvalue weighted by atomic mass is 16.5. The fourth-order valence-corrected chi connectivity index (χ4v) is 3.40. The average molecular weight is 394 g/mol. The van der Waals surface area contributed by atoms with Crippen LogP contribution >= 0.6 is 0 Å². The van der Waals surface area contributed by atoms with Crippen molar-refractivity contribution in [3.63, 3.8) is 0 Å². The molecular formula is C21H26N6O2. The first-order valence-electron chi connectivity index (χ1n) is 9.91. The molecule has 0 spiro atoms. The molecule has 1 unspecified atom stereocenters. The van der Waals surface area contributed by atoms with Crippen molar-refractivity contribution in [2.75, 3.05) is 20.1 Å². The van der Waals surface area contributed by atoms with Crippen LogP contribution in [0.25, 0.3) is 5.52 Å². The molecule has 3 aromatic heterocycles. The molecule has 8 heteroatoms. The molecule has 0 radical (unpaired) electrons. The Hall–Kier alpha value is -3.00. The summed E-state index contributed by atoms with van der Waals surface area (Å²) >= 11 is 0. The highest BCUT2D eigenvalue weighted by molar-refractivity contribution is 5.95. The van der Waals surface area contributed by atoms with E-state index in [1.165, 1.54) is 0 Å². The van der Waals surface area contributed by atoms with Gasteiger partial charge in [0, 0.05) is 49.6 Å². The van der Waals surface area contributed by atoms with Gasteiger partial charge in [0.05, 0.1) is 24.0 Å². The Morgan fingerprint density at radius 3 is 3.03 bits per heavy atom. The molecule has 0 aromatic carbocycles. The number of carbonyl (C=O) groups excluding carboxylic acids is 1. The number of rotatable bonds is 6. The van der Waals surface area contributed by atoms with E-state index < -0.39 is 0 Å². The first-order chi connectivity index (χ1) is 14.0. The monoisotopic (exact) mass is 394 g/mol.